The Bertz CT molecular complexity index is 611. The van der Waals surface area contributed by atoms with E-state index in [0.717, 1.165) is 11.1 Å². The van der Waals surface area contributed by atoms with Crippen molar-refractivity contribution < 1.29 is 0 Å². The lowest BCUT2D eigenvalue weighted by Crippen LogP contribution is -2.13. The van der Waals surface area contributed by atoms with E-state index in [-0.39, 0.29) is 10.8 Å². The molecule has 0 heterocycles. The van der Waals surface area contributed by atoms with E-state index in [1.165, 1.54) is 11.1 Å². The topological polar surface area (TPSA) is 26.0 Å². The molecular weight excluding hydrogens is 254 g/mol. The van der Waals surface area contributed by atoms with E-state index in [2.05, 4.69) is 78.0 Å². The predicted octanol–water partition coefficient (Wildman–Crippen LogP) is 5.00. The zero-order valence-electron chi connectivity index (χ0n) is 14.0. The first-order valence-electron chi connectivity index (χ1n) is 7.51. The van der Waals surface area contributed by atoms with Gasteiger partial charge in [-0.3, -0.25) is 0 Å². The molecular formula is C20H26N+. The maximum atomic E-state index is 6.13. The van der Waals surface area contributed by atoms with Crippen molar-refractivity contribution in [3.8, 4) is 0 Å². The van der Waals surface area contributed by atoms with Crippen LogP contribution >= 0.6 is 0 Å². The molecule has 2 N–H and O–H groups in total. The molecule has 0 spiro atoms. The van der Waals surface area contributed by atoms with E-state index in [1.807, 2.05) is 6.08 Å². The second-order valence-corrected chi connectivity index (χ2v) is 7.79. The molecule has 0 saturated carbocycles. The highest BCUT2D eigenvalue weighted by Gasteiger charge is 2.27. The van der Waals surface area contributed by atoms with Crippen LogP contribution in [0.1, 0.15) is 52.7 Å². The molecule has 0 aromatic heterocycles. The summed E-state index contributed by atoms with van der Waals surface area (Å²) in [5.74, 6) is 0. The number of hydrogen-bond acceptors (Lipinski definition) is 1. The van der Waals surface area contributed by atoms with Crippen LogP contribution in [0.15, 0.2) is 47.7 Å². The van der Waals surface area contributed by atoms with Crippen molar-refractivity contribution in [2.24, 2.45) is 11.1 Å². The number of nitrogens with two attached hydrogens (primary N) is 1. The van der Waals surface area contributed by atoms with E-state index in [4.69, 9.17) is 5.73 Å². The zero-order chi connectivity index (χ0) is 15.8. The van der Waals surface area contributed by atoms with Crippen LogP contribution in [0.3, 0.4) is 0 Å². The molecule has 1 aromatic carbocycles. The molecule has 0 radical (unpaired) electrons. The Kier molecular flexibility index (Phi) is 3.82. The summed E-state index contributed by atoms with van der Waals surface area (Å²) in [5, 5.41) is 0. The average Bonchev–Trinajstić information content (AvgIpc) is 2.37. The first kappa shape index (κ1) is 15.5. The van der Waals surface area contributed by atoms with Crippen LogP contribution in [0.25, 0.3) is 5.57 Å². The van der Waals surface area contributed by atoms with Crippen molar-refractivity contribution in [2.75, 3.05) is 0 Å². The monoisotopic (exact) mass is 280 g/mol. The Morgan fingerprint density at radius 3 is 1.90 bits per heavy atom. The molecule has 1 aliphatic carbocycles. The summed E-state index contributed by atoms with van der Waals surface area (Å²) in [5.41, 5.74) is 11.9. The Morgan fingerprint density at radius 1 is 0.857 bits per heavy atom. The summed E-state index contributed by atoms with van der Waals surface area (Å²) < 4.78 is 0. The van der Waals surface area contributed by atoms with Crippen LogP contribution < -0.4 is 5.73 Å². The van der Waals surface area contributed by atoms with E-state index < -0.39 is 0 Å². The molecule has 1 aromatic rings. The second-order valence-electron chi connectivity index (χ2n) is 7.79. The van der Waals surface area contributed by atoms with Gasteiger partial charge in [-0.2, -0.15) is 0 Å². The molecule has 21 heavy (non-hydrogen) atoms. The fourth-order valence-electron chi connectivity index (χ4n) is 2.33. The van der Waals surface area contributed by atoms with Crippen LogP contribution in [0.5, 0.6) is 0 Å². The minimum atomic E-state index is 0.101. The largest absolute Gasteiger partial charge is 0.369 e. The molecule has 0 fully saturated rings. The van der Waals surface area contributed by atoms with Crippen LogP contribution in [0.2, 0.25) is 0 Å². The first-order valence-corrected chi connectivity index (χ1v) is 7.51. The van der Waals surface area contributed by atoms with Gasteiger partial charge in [0.15, 0.2) is 0 Å². The third-order valence-electron chi connectivity index (χ3n) is 3.90. The second kappa shape index (κ2) is 5.16. The fraction of sp³-hybridized carbons (Fsp3) is 0.400. The predicted molar refractivity (Wildman–Crippen MR) is 91.6 cm³/mol. The molecule has 0 aliphatic heterocycles. The summed E-state index contributed by atoms with van der Waals surface area (Å²) in [6.07, 6.45) is 7.39. The maximum absolute atomic E-state index is 6.13. The van der Waals surface area contributed by atoms with E-state index in [0.29, 0.717) is 5.70 Å². The van der Waals surface area contributed by atoms with Gasteiger partial charge >= 0.3 is 0 Å². The summed E-state index contributed by atoms with van der Waals surface area (Å²) in [7, 11) is 0. The van der Waals surface area contributed by atoms with Gasteiger partial charge in [0.25, 0.3) is 0 Å². The molecule has 0 unspecified atom stereocenters. The van der Waals surface area contributed by atoms with Crippen molar-refractivity contribution in [1.29, 1.82) is 0 Å². The van der Waals surface area contributed by atoms with Gasteiger partial charge in [0.1, 0.15) is 11.6 Å². The lowest BCUT2D eigenvalue weighted by molar-refractivity contribution is 0.516. The molecule has 1 aliphatic rings. The average molecular weight is 280 g/mol. The smallest absolute Gasteiger partial charge is 0.208 e. The molecule has 2 rings (SSSR count). The normalized spacial score (nSPS) is 15.8. The Hall–Kier alpha value is -1.85. The van der Waals surface area contributed by atoms with Crippen LogP contribution in [-0.2, 0) is 5.41 Å². The number of benzene rings is 1. The summed E-state index contributed by atoms with van der Waals surface area (Å²) in [4.78, 5) is 0. The molecule has 0 atom stereocenters. The van der Waals surface area contributed by atoms with Crippen molar-refractivity contribution in [3.63, 3.8) is 0 Å². The lowest BCUT2D eigenvalue weighted by Gasteiger charge is -2.19. The van der Waals surface area contributed by atoms with Crippen LogP contribution in [-0.4, -0.2) is 0 Å². The van der Waals surface area contributed by atoms with Crippen LogP contribution in [0, 0.1) is 11.5 Å². The highest BCUT2D eigenvalue weighted by molar-refractivity contribution is 5.80. The standard InChI is InChI=1S/C20H26N/c1-19(2,3)15-9-7-14(8-10-15)17-13-16(20(4,5)6)11-12-18(17)21/h7-11,13H,21H2,1-6H3/q+1. The molecule has 0 bridgehead atoms. The van der Waals surface area contributed by atoms with Crippen LogP contribution in [0.4, 0.5) is 0 Å². The first-order chi connectivity index (χ1) is 9.59. The van der Waals surface area contributed by atoms with E-state index in [9.17, 15) is 0 Å². The van der Waals surface area contributed by atoms with Gasteiger partial charge in [0, 0.05) is 11.0 Å². The molecule has 1 nitrogen and oxygen atoms in total. The highest BCUT2D eigenvalue weighted by atomic mass is 14.6. The molecule has 0 saturated heterocycles. The van der Waals surface area contributed by atoms with Gasteiger partial charge in [-0.15, -0.1) is 0 Å². The fourth-order valence-corrected chi connectivity index (χ4v) is 2.33. The summed E-state index contributed by atoms with van der Waals surface area (Å²) in [6.45, 7) is 13.3. The third-order valence-corrected chi connectivity index (χ3v) is 3.90. The Morgan fingerprint density at radius 2 is 1.43 bits per heavy atom. The minimum Gasteiger partial charge on any atom is -0.369 e. The third kappa shape index (κ3) is 3.43. The van der Waals surface area contributed by atoms with Crippen molar-refractivity contribution in [1.82, 2.24) is 0 Å². The number of allylic oxidation sites excluding steroid dienone is 5. The minimum absolute atomic E-state index is 0.101. The molecule has 1 heteroatoms. The van der Waals surface area contributed by atoms with Crippen molar-refractivity contribution >= 4 is 5.57 Å². The van der Waals surface area contributed by atoms with Gasteiger partial charge in [0.2, 0.25) is 5.70 Å². The Labute approximate surface area is 129 Å². The van der Waals surface area contributed by atoms with Gasteiger partial charge < -0.3 is 5.73 Å². The zero-order valence-corrected chi connectivity index (χ0v) is 14.0. The highest BCUT2D eigenvalue weighted by Crippen LogP contribution is 2.34. The molecule has 0 amide bonds. The van der Waals surface area contributed by atoms with E-state index >= 15 is 0 Å². The van der Waals surface area contributed by atoms with Gasteiger partial charge in [-0.05, 0) is 43.9 Å². The van der Waals surface area contributed by atoms with Crippen molar-refractivity contribution in [2.45, 2.75) is 47.0 Å². The maximum Gasteiger partial charge on any atom is 0.208 e. The quantitative estimate of drug-likeness (QED) is 0.720. The SMILES string of the molecule is CC(C)(C)C1=CC(c2ccc(C(C)(C)C)cc2)=C(N)[C+]=C1. The van der Waals surface area contributed by atoms with Crippen molar-refractivity contribution in [3.05, 3.63) is 64.9 Å². The van der Waals surface area contributed by atoms with Gasteiger partial charge in [-0.1, -0.05) is 32.9 Å². The van der Waals surface area contributed by atoms with Gasteiger partial charge in [-0.25, -0.2) is 0 Å². The Balaban J connectivity index is 2.42. The number of rotatable bonds is 1. The summed E-state index contributed by atoms with van der Waals surface area (Å²) >= 11 is 0. The summed E-state index contributed by atoms with van der Waals surface area (Å²) in [6, 6.07) is 8.70. The van der Waals surface area contributed by atoms with E-state index in [1.54, 1.807) is 0 Å². The molecule has 110 valence electrons. The number of hydrogen-bond donors (Lipinski definition) is 1. The lowest BCUT2D eigenvalue weighted by atomic mass is 9.81. The van der Waals surface area contributed by atoms with Gasteiger partial charge in [0.05, 0.1) is 17.7 Å².